The first-order chi connectivity index (χ1) is 16.1. The lowest BCUT2D eigenvalue weighted by Crippen LogP contribution is -2.23. The molecule has 6 nitrogen and oxygen atoms in total. The number of aromatic nitrogens is 2. The van der Waals surface area contributed by atoms with Gasteiger partial charge in [0.2, 0.25) is 0 Å². The van der Waals surface area contributed by atoms with Gasteiger partial charge in [0.25, 0.3) is 5.91 Å². The topological polar surface area (TPSA) is 59.4 Å². The largest absolute Gasteiger partial charge is 0.492 e. The molecular formula is C26H28N4O2S. The van der Waals surface area contributed by atoms with Gasteiger partial charge in [-0.2, -0.15) is 5.10 Å². The normalized spacial score (nSPS) is 11.0. The van der Waals surface area contributed by atoms with Gasteiger partial charge in [-0.05, 0) is 48.8 Å². The minimum Gasteiger partial charge on any atom is -0.492 e. The van der Waals surface area contributed by atoms with Crippen LogP contribution in [-0.2, 0) is 13.1 Å². The van der Waals surface area contributed by atoms with Crippen molar-refractivity contribution >= 4 is 17.2 Å². The second-order valence-electron chi connectivity index (χ2n) is 8.03. The molecule has 2 aromatic heterocycles. The Balaban J connectivity index is 1.46. The van der Waals surface area contributed by atoms with Crippen molar-refractivity contribution in [2.45, 2.75) is 13.1 Å². The predicted octanol–water partition coefficient (Wildman–Crippen LogP) is 4.53. The lowest BCUT2D eigenvalue weighted by molar-refractivity contribution is 0.0951. The molecule has 0 atom stereocenters. The van der Waals surface area contributed by atoms with E-state index in [1.165, 1.54) is 0 Å². The molecule has 0 radical (unpaired) electrons. The van der Waals surface area contributed by atoms with E-state index in [0.717, 1.165) is 28.3 Å². The van der Waals surface area contributed by atoms with Gasteiger partial charge in [-0.3, -0.25) is 9.48 Å². The van der Waals surface area contributed by atoms with Gasteiger partial charge >= 0.3 is 0 Å². The van der Waals surface area contributed by atoms with Crippen molar-refractivity contribution in [2.24, 2.45) is 0 Å². The van der Waals surface area contributed by atoms with Crippen molar-refractivity contribution in [1.29, 1.82) is 0 Å². The number of thiophene rings is 1. The molecule has 33 heavy (non-hydrogen) atoms. The van der Waals surface area contributed by atoms with Crippen LogP contribution in [0.3, 0.4) is 0 Å². The van der Waals surface area contributed by atoms with Gasteiger partial charge in [0, 0.05) is 19.3 Å². The van der Waals surface area contributed by atoms with E-state index in [1.807, 2.05) is 85.0 Å². The molecule has 4 rings (SSSR count). The summed E-state index contributed by atoms with van der Waals surface area (Å²) in [5.74, 6) is 0.662. The van der Waals surface area contributed by atoms with Crippen LogP contribution in [0.2, 0.25) is 0 Å². The number of benzene rings is 2. The smallest absolute Gasteiger partial charge is 0.255 e. The lowest BCUT2D eigenvalue weighted by atomic mass is 10.2. The van der Waals surface area contributed by atoms with Crippen molar-refractivity contribution in [3.8, 4) is 16.3 Å². The fourth-order valence-electron chi connectivity index (χ4n) is 3.40. The summed E-state index contributed by atoms with van der Waals surface area (Å²) in [4.78, 5) is 16.2. The maximum absolute atomic E-state index is 13.1. The molecule has 0 saturated carbocycles. The molecule has 2 heterocycles. The van der Waals surface area contributed by atoms with Crippen LogP contribution in [0.15, 0.2) is 78.3 Å². The van der Waals surface area contributed by atoms with E-state index in [4.69, 9.17) is 9.84 Å². The summed E-state index contributed by atoms with van der Waals surface area (Å²) in [6.45, 7) is 2.49. The summed E-state index contributed by atoms with van der Waals surface area (Å²) in [5, 5.41) is 9.77. The number of hydrogen-bond acceptors (Lipinski definition) is 5. The fourth-order valence-corrected chi connectivity index (χ4v) is 4.13. The third kappa shape index (κ3) is 6.31. The van der Waals surface area contributed by atoms with E-state index >= 15 is 0 Å². The number of carbonyl (C=O) groups excluding carboxylic acids is 1. The number of ether oxygens (including phenoxy) is 1. The van der Waals surface area contributed by atoms with Crippen LogP contribution in [0.1, 0.15) is 21.5 Å². The predicted molar refractivity (Wildman–Crippen MR) is 133 cm³/mol. The molecule has 0 aliphatic rings. The molecule has 0 unspecified atom stereocenters. The van der Waals surface area contributed by atoms with Crippen molar-refractivity contribution in [2.75, 3.05) is 27.2 Å². The summed E-state index contributed by atoms with van der Waals surface area (Å²) in [7, 11) is 4.03. The molecule has 4 aromatic rings. The van der Waals surface area contributed by atoms with Gasteiger partial charge in [0.05, 0.1) is 17.0 Å². The highest BCUT2D eigenvalue weighted by Gasteiger charge is 2.19. The molecule has 0 aliphatic carbocycles. The van der Waals surface area contributed by atoms with Crippen LogP contribution >= 0.6 is 11.3 Å². The van der Waals surface area contributed by atoms with Gasteiger partial charge in [0.1, 0.15) is 18.1 Å². The van der Waals surface area contributed by atoms with Gasteiger partial charge < -0.3 is 15.0 Å². The van der Waals surface area contributed by atoms with Gasteiger partial charge in [-0.1, -0.05) is 48.5 Å². The monoisotopic (exact) mass is 460 g/mol. The molecule has 1 N–H and O–H groups in total. The molecule has 7 heteroatoms. The Kier molecular flexibility index (Phi) is 7.55. The average molecular weight is 461 g/mol. The molecule has 2 aromatic carbocycles. The summed E-state index contributed by atoms with van der Waals surface area (Å²) >= 11 is 1.58. The Morgan fingerprint density at radius 2 is 1.88 bits per heavy atom. The fraction of sp³-hybridized carbons (Fsp3) is 0.231. The first kappa shape index (κ1) is 22.8. The van der Waals surface area contributed by atoms with Crippen molar-refractivity contribution in [3.63, 3.8) is 0 Å². The zero-order chi connectivity index (χ0) is 23.0. The lowest BCUT2D eigenvalue weighted by Gasteiger charge is -2.12. The minimum atomic E-state index is -0.142. The maximum atomic E-state index is 13.1. The van der Waals surface area contributed by atoms with Crippen LogP contribution in [0, 0.1) is 0 Å². The number of carbonyl (C=O) groups is 1. The van der Waals surface area contributed by atoms with Crippen LogP contribution in [0.25, 0.3) is 10.6 Å². The number of likely N-dealkylation sites (N-methyl/N-ethyl adjacent to an activating group) is 1. The van der Waals surface area contributed by atoms with Crippen molar-refractivity contribution in [3.05, 3.63) is 95.0 Å². The summed E-state index contributed by atoms with van der Waals surface area (Å²) < 4.78 is 7.64. The van der Waals surface area contributed by atoms with Gasteiger partial charge in [-0.15, -0.1) is 11.3 Å². The SMILES string of the molecule is CN(C)CCOc1cccc(CNC(=O)c2cn(Cc3ccccc3)nc2-c2cccs2)c1. The molecule has 0 spiro atoms. The van der Waals surface area contributed by atoms with Crippen LogP contribution in [-0.4, -0.2) is 47.8 Å². The van der Waals surface area contributed by atoms with Crippen molar-refractivity contribution in [1.82, 2.24) is 20.0 Å². The van der Waals surface area contributed by atoms with E-state index in [1.54, 1.807) is 11.3 Å². The molecule has 0 saturated heterocycles. The third-order valence-electron chi connectivity index (χ3n) is 5.11. The standard InChI is InChI=1S/C26H28N4O2S/c1-29(2)13-14-32-22-11-6-10-21(16-22)17-27-26(31)23-19-30(18-20-8-4-3-5-9-20)28-25(23)24-12-7-15-33-24/h3-12,15-16,19H,13-14,17-18H2,1-2H3,(H,27,31). The molecule has 170 valence electrons. The van der Waals surface area contributed by atoms with Crippen LogP contribution in [0.4, 0.5) is 0 Å². The molecule has 0 fully saturated rings. The first-order valence-electron chi connectivity index (χ1n) is 10.9. The Morgan fingerprint density at radius 1 is 1.06 bits per heavy atom. The Hall–Kier alpha value is -3.42. The number of rotatable bonds is 10. The minimum absolute atomic E-state index is 0.142. The zero-order valence-electron chi connectivity index (χ0n) is 18.9. The van der Waals surface area contributed by atoms with Gasteiger partial charge in [-0.25, -0.2) is 0 Å². The Bertz CT molecular complexity index is 1170. The van der Waals surface area contributed by atoms with E-state index < -0.39 is 0 Å². The average Bonchev–Trinajstić information content (AvgIpc) is 3.48. The van der Waals surface area contributed by atoms with Crippen LogP contribution in [0.5, 0.6) is 5.75 Å². The van der Waals surface area contributed by atoms with Crippen molar-refractivity contribution < 1.29 is 9.53 Å². The molecule has 0 aliphatic heterocycles. The second-order valence-corrected chi connectivity index (χ2v) is 8.98. The van der Waals surface area contributed by atoms with E-state index in [-0.39, 0.29) is 5.91 Å². The molecule has 1 amide bonds. The number of amides is 1. The highest BCUT2D eigenvalue weighted by molar-refractivity contribution is 7.13. The Labute approximate surface area is 198 Å². The number of hydrogen-bond donors (Lipinski definition) is 1. The van der Waals surface area contributed by atoms with Crippen LogP contribution < -0.4 is 10.1 Å². The molecular weight excluding hydrogens is 432 g/mol. The van der Waals surface area contributed by atoms with E-state index in [9.17, 15) is 4.79 Å². The number of nitrogens with zero attached hydrogens (tertiary/aromatic N) is 3. The third-order valence-corrected chi connectivity index (χ3v) is 5.98. The first-order valence-corrected chi connectivity index (χ1v) is 11.8. The second kappa shape index (κ2) is 10.9. The van der Waals surface area contributed by atoms with E-state index in [2.05, 4.69) is 22.3 Å². The summed E-state index contributed by atoms with van der Waals surface area (Å²) in [6, 6.07) is 21.9. The zero-order valence-corrected chi connectivity index (χ0v) is 19.7. The maximum Gasteiger partial charge on any atom is 0.255 e. The van der Waals surface area contributed by atoms with Gasteiger partial charge in [0.15, 0.2) is 0 Å². The summed E-state index contributed by atoms with van der Waals surface area (Å²) in [6.07, 6.45) is 1.83. The molecule has 0 bridgehead atoms. The highest BCUT2D eigenvalue weighted by atomic mass is 32.1. The van der Waals surface area contributed by atoms with E-state index in [0.29, 0.717) is 31.0 Å². The Morgan fingerprint density at radius 3 is 2.64 bits per heavy atom. The number of nitrogens with one attached hydrogen (secondary N) is 1. The highest BCUT2D eigenvalue weighted by Crippen LogP contribution is 2.27. The quantitative estimate of drug-likeness (QED) is 0.378. The summed E-state index contributed by atoms with van der Waals surface area (Å²) in [5.41, 5.74) is 3.40.